The summed E-state index contributed by atoms with van der Waals surface area (Å²) in [7, 11) is 0. The second-order valence-electron chi connectivity index (χ2n) is 8.08. The Morgan fingerprint density at radius 2 is 1.93 bits per heavy atom. The van der Waals surface area contributed by atoms with Gasteiger partial charge in [-0.05, 0) is 18.2 Å². The molecule has 0 radical (unpaired) electrons. The maximum atomic E-state index is 13.5. The third-order valence-electron chi connectivity index (χ3n) is 5.96. The van der Waals surface area contributed by atoms with E-state index < -0.39 is 11.0 Å². The molecule has 0 amide bonds. The van der Waals surface area contributed by atoms with E-state index in [9.17, 15) is 14.7 Å². The van der Waals surface area contributed by atoms with Crippen LogP contribution in [0.5, 0.6) is 5.75 Å². The predicted molar refractivity (Wildman–Crippen MR) is 118 cm³/mol. The highest BCUT2D eigenvalue weighted by Gasteiger charge is 2.46. The highest BCUT2D eigenvalue weighted by atomic mass is 35.5. The Morgan fingerprint density at radius 3 is 2.67 bits per heavy atom. The Hall–Kier alpha value is -2.70. The van der Waals surface area contributed by atoms with Gasteiger partial charge in [0.25, 0.3) is 5.56 Å². The summed E-state index contributed by atoms with van der Waals surface area (Å²) in [6.07, 6.45) is 5.65. The Kier molecular flexibility index (Phi) is 4.27. The lowest BCUT2D eigenvalue weighted by Crippen LogP contribution is -2.25. The second kappa shape index (κ2) is 6.65. The molecule has 0 bridgehead atoms. The van der Waals surface area contributed by atoms with Crippen molar-refractivity contribution in [1.82, 2.24) is 4.57 Å². The average Bonchev–Trinajstić information content (AvgIpc) is 2.93. The summed E-state index contributed by atoms with van der Waals surface area (Å²) in [4.78, 5) is 26.9. The summed E-state index contributed by atoms with van der Waals surface area (Å²) in [5.41, 5.74) is -0.621. The molecule has 1 N–H and O–H groups in total. The van der Waals surface area contributed by atoms with E-state index in [1.807, 2.05) is 56.3 Å². The van der Waals surface area contributed by atoms with E-state index >= 15 is 0 Å². The van der Waals surface area contributed by atoms with Crippen LogP contribution in [0.3, 0.4) is 0 Å². The Labute approximate surface area is 181 Å². The Balaban J connectivity index is 1.77. The molecule has 152 valence electrons. The van der Waals surface area contributed by atoms with Crippen molar-refractivity contribution in [2.45, 2.75) is 35.1 Å². The minimum atomic E-state index is -0.672. The van der Waals surface area contributed by atoms with Gasteiger partial charge in [0, 0.05) is 33.0 Å². The number of aromatic nitrogens is 1. The van der Waals surface area contributed by atoms with Crippen LogP contribution in [0.15, 0.2) is 83.5 Å². The quantitative estimate of drug-likeness (QED) is 0.611. The van der Waals surface area contributed by atoms with Crippen LogP contribution in [-0.2, 0) is 5.41 Å². The molecule has 1 aliphatic heterocycles. The molecule has 2 unspecified atom stereocenters. The van der Waals surface area contributed by atoms with E-state index in [1.54, 1.807) is 16.7 Å². The van der Waals surface area contributed by atoms with Crippen LogP contribution < -0.4 is 11.2 Å². The van der Waals surface area contributed by atoms with E-state index in [0.29, 0.717) is 5.03 Å². The number of aromatic hydroxyl groups is 1. The van der Waals surface area contributed by atoms with Crippen molar-refractivity contribution < 1.29 is 9.52 Å². The van der Waals surface area contributed by atoms with Crippen LogP contribution >= 0.6 is 23.4 Å². The van der Waals surface area contributed by atoms with Crippen molar-refractivity contribution in [3.63, 3.8) is 0 Å². The summed E-state index contributed by atoms with van der Waals surface area (Å²) in [6.45, 7) is 4.07. The molecular weight excluding hydrogens is 422 g/mol. The standard InChI is InChI=1S/C23H18ClNO4S/c1-23(2)14-10-12(24)8-9-15(14)25-17(23)11-16-18(21(25)27)19(26)20(22(28)29-16)30-13-6-4-3-5-7-13/h3-11,14-15,26H,1-2H3. The van der Waals surface area contributed by atoms with E-state index in [2.05, 4.69) is 0 Å². The largest absolute Gasteiger partial charge is 0.505 e. The van der Waals surface area contributed by atoms with Crippen molar-refractivity contribution in [2.24, 2.45) is 5.92 Å². The van der Waals surface area contributed by atoms with Gasteiger partial charge in [-0.1, -0.05) is 67.6 Å². The second-order valence-corrected chi connectivity index (χ2v) is 9.60. The van der Waals surface area contributed by atoms with Crippen molar-refractivity contribution in [1.29, 1.82) is 0 Å². The van der Waals surface area contributed by atoms with Gasteiger partial charge in [0.2, 0.25) is 0 Å². The lowest BCUT2D eigenvalue weighted by atomic mass is 9.74. The van der Waals surface area contributed by atoms with Crippen molar-refractivity contribution in [3.8, 4) is 5.75 Å². The number of allylic oxidation sites excluding steroid dienone is 4. The number of hydrogen-bond acceptors (Lipinski definition) is 5. The van der Waals surface area contributed by atoms with Gasteiger partial charge in [0.1, 0.15) is 15.9 Å². The van der Waals surface area contributed by atoms with Crippen LogP contribution in [0.2, 0.25) is 0 Å². The van der Waals surface area contributed by atoms with E-state index in [4.69, 9.17) is 16.0 Å². The molecule has 5 rings (SSSR count). The first kappa shape index (κ1) is 19.3. The Morgan fingerprint density at radius 1 is 1.20 bits per heavy atom. The normalized spacial score (nSPS) is 21.4. The summed E-state index contributed by atoms with van der Waals surface area (Å²) in [5.74, 6) is -0.364. The summed E-state index contributed by atoms with van der Waals surface area (Å²) in [6, 6.07) is 10.6. The fourth-order valence-corrected chi connectivity index (χ4v) is 5.49. The predicted octanol–water partition coefficient (Wildman–Crippen LogP) is 4.95. The number of nitrogens with zero attached hydrogens (tertiary/aromatic N) is 1. The van der Waals surface area contributed by atoms with Crippen LogP contribution in [0.4, 0.5) is 0 Å². The third kappa shape index (κ3) is 2.71. The number of rotatable bonds is 2. The SMILES string of the molecule is CC1(C)c2cc3oc(=O)c(Sc4ccccc4)c(O)c3c(=O)n2C2C=CC(Cl)=CC21. The minimum Gasteiger partial charge on any atom is -0.505 e. The molecule has 3 heterocycles. The Bertz CT molecular complexity index is 1370. The van der Waals surface area contributed by atoms with Gasteiger partial charge >= 0.3 is 5.63 Å². The zero-order valence-corrected chi connectivity index (χ0v) is 17.8. The van der Waals surface area contributed by atoms with Crippen LogP contribution in [-0.4, -0.2) is 9.67 Å². The summed E-state index contributed by atoms with van der Waals surface area (Å²) < 4.78 is 7.19. The zero-order valence-electron chi connectivity index (χ0n) is 16.3. The molecule has 30 heavy (non-hydrogen) atoms. The fraction of sp³-hybridized carbons (Fsp3) is 0.217. The maximum Gasteiger partial charge on any atom is 0.354 e. The maximum absolute atomic E-state index is 13.5. The van der Waals surface area contributed by atoms with Gasteiger partial charge in [0.15, 0.2) is 5.75 Å². The topological polar surface area (TPSA) is 72.4 Å². The molecule has 0 spiro atoms. The van der Waals surface area contributed by atoms with Gasteiger partial charge in [-0.25, -0.2) is 4.79 Å². The molecular formula is C23H18ClNO4S. The number of fused-ring (bicyclic) bond motifs is 4. The van der Waals surface area contributed by atoms with Crippen LogP contribution in [0, 0.1) is 5.92 Å². The lowest BCUT2D eigenvalue weighted by molar-refractivity contribution is 0.379. The first-order valence-corrected chi connectivity index (χ1v) is 10.7. The van der Waals surface area contributed by atoms with E-state index in [1.165, 1.54) is 0 Å². The van der Waals surface area contributed by atoms with Crippen molar-refractivity contribution >= 4 is 34.3 Å². The van der Waals surface area contributed by atoms with Gasteiger partial charge in [-0.3, -0.25) is 4.79 Å². The lowest BCUT2D eigenvalue weighted by Gasteiger charge is -2.28. The van der Waals surface area contributed by atoms with Gasteiger partial charge in [-0.2, -0.15) is 0 Å². The molecule has 2 aliphatic rings. The molecule has 2 aromatic heterocycles. The zero-order chi connectivity index (χ0) is 21.2. The number of hydrogen-bond donors (Lipinski definition) is 1. The summed E-state index contributed by atoms with van der Waals surface area (Å²) in [5, 5.41) is 11.6. The average molecular weight is 440 g/mol. The smallest absolute Gasteiger partial charge is 0.354 e. The summed E-state index contributed by atoms with van der Waals surface area (Å²) >= 11 is 7.30. The van der Waals surface area contributed by atoms with Gasteiger partial charge < -0.3 is 14.1 Å². The molecule has 1 aromatic carbocycles. The number of pyridine rings is 1. The number of halogens is 1. The fourth-order valence-electron chi connectivity index (χ4n) is 4.43. The molecule has 0 fully saturated rings. The van der Waals surface area contributed by atoms with Gasteiger partial charge in [-0.15, -0.1) is 0 Å². The molecule has 3 aromatic rings. The minimum absolute atomic E-state index is 0.00211. The molecule has 2 atom stereocenters. The van der Waals surface area contributed by atoms with Crippen molar-refractivity contribution in [2.75, 3.05) is 0 Å². The molecule has 1 aliphatic carbocycles. The van der Waals surface area contributed by atoms with Crippen LogP contribution in [0.25, 0.3) is 11.0 Å². The first-order chi connectivity index (χ1) is 14.3. The molecule has 0 saturated carbocycles. The highest BCUT2D eigenvalue weighted by molar-refractivity contribution is 7.99. The van der Waals surface area contributed by atoms with E-state index in [0.717, 1.165) is 22.4 Å². The van der Waals surface area contributed by atoms with Crippen molar-refractivity contribution in [3.05, 3.63) is 86.1 Å². The molecule has 7 heteroatoms. The third-order valence-corrected chi connectivity index (χ3v) is 7.28. The monoisotopic (exact) mass is 439 g/mol. The highest BCUT2D eigenvalue weighted by Crippen LogP contribution is 2.50. The van der Waals surface area contributed by atoms with Crippen LogP contribution in [0.1, 0.15) is 25.6 Å². The van der Waals surface area contributed by atoms with Gasteiger partial charge in [0.05, 0.1) is 6.04 Å². The van der Waals surface area contributed by atoms with E-state index in [-0.39, 0.29) is 39.1 Å². The molecule has 0 saturated heterocycles. The number of benzene rings is 1. The first-order valence-electron chi connectivity index (χ1n) is 9.53. The molecule has 5 nitrogen and oxygen atoms in total.